The summed E-state index contributed by atoms with van der Waals surface area (Å²) in [6.45, 7) is 1.61. The fourth-order valence-electron chi connectivity index (χ4n) is 3.34. The summed E-state index contributed by atoms with van der Waals surface area (Å²) in [5.41, 5.74) is 1.65. The Morgan fingerprint density at radius 1 is 1.31 bits per heavy atom. The van der Waals surface area contributed by atoms with Gasteiger partial charge < -0.3 is 5.32 Å². The lowest BCUT2D eigenvalue weighted by molar-refractivity contribution is -0.145. The highest BCUT2D eigenvalue weighted by Gasteiger charge is 2.60. The Morgan fingerprint density at radius 2 is 1.94 bits per heavy atom. The van der Waals surface area contributed by atoms with Gasteiger partial charge >= 0.3 is 0 Å². The molecule has 3 fully saturated rings. The summed E-state index contributed by atoms with van der Waals surface area (Å²) >= 11 is 0. The van der Waals surface area contributed by atoms with E-state index in [1.54, 1.807) is 6.92 Å². The lowest BCUT2D eigenvalue weighted by Gasteiger charge is -2.65. The van der Waals surface area contributed by atoms with Gasteiger partial charge in [-0.2, -0.15) is 0 Å². The van der Waals surface area contributed by atoms with Gasteiger partial charge in [-0.15, -0.1) is 0 Å². The summed E-state index contributed by atoms with van der Waals surface area (Å²) in [7, 11) is 0. The molecule has 1 unspecified atom stereocenters. The van der Waals surface area contributed by atoms with Crippen molar-refractivity contribution in [2.75, 3.05) is 0 Å². The van der Waals surface area contributed by atoms with E-state index in [0.29, 0.717) is 5.41 Å². The Labute approximate surface area is 96.1 Å². The van der Waals surface area contributed by atoms with Crippen LogP contribution in [0.25, 0.3) is 0 Å². The van der Waals surface area contributed by atoms with E-state index >= 15 is 0 Å². The van der Waals surface area contributed by atoms with Gasteiger partial charge in [-0.3, -0.25) is 4.79 Å². The second-order valence-electron chi connectivity index (χ2n) is 5.38. The number of carbonyl (C=O) groups is 1. The lowest BCUT2D eigenvalue weighted by Crippen LogP contribution is -2.58. The van der Waals surface area contributed by atoms with Crippen LogP contribution in [0.5, 0.6) is 0 Å². The summed E-state index contributed by atoms with van der Waals surface area (Å²) in [4.78, 5) is 11.3. The topological polar surface area (TPSA) is 29.1 Å². The number of carbonyl (C=O) groups excluding carboxylic acids is 1. The van der Waals surface area contributed by atoms with Gasteiger partial charge in [0.25, 0.3) is 0 Å². The number of rotatable bonds is 3. The maximum Gasteiger partial charge on any atom is 0.217 e. The van der Waals surface area contributed by atoms with Crippen LogP contribution in [-0.4, -0.2) is 5.91 Å². The van der Waals surface area contributed by atoms with Gasteiger partial charge in [0.1, 0.15) is 0 Å². The molecule has 2 heteroatoms. The van der Waals surface area contributed by atoms with Crippen molar-refractivity contribution in [2.45, 2.75) is 32.2 Å². The van der Waals surface area contributed by atoms with Crippen LogP contribution in [0.3, 0.4) is 0 Å². The first-order valence-electron chi connectivity index (χ1n) is 6.02. The van der Waals surface area contributed by atoms with Crippen LogP contribution in [0.2, 0.25) is 0 Å². The van der Waals surface area contributed by atoms with Gasteiger partial charge in [0, 0.05) is 6.92 Å². The van der Waals surface area contributed by atoms with E-state index in [2.05, 4.69) is 29.6 Å². The fourth-order valence-corrected chi connectivity index (χ4v) is 3.34. The molecule has 1 aromatic carbocycles. The van der Waals surface area contributed by atoms with Crippen LogP contribution in [0, 0.1) is 11.3 Å². The zero-order chi connectivity index (χ0) is 11.2. The predicted molar refractivity (Wildman–Crippen MR) is 62.8 cm³/mol. The van der Waals surface area contributed by atoms with E-state index in [1.807, 2.05) is 6.07 Å². The second kappa shape index (κ2) is 3.34. The molecule has 0 aliphatic heterocycles. The molecule has 1 atom stereocenters. The molecular formula is C14H17NO. The molecule has 0 spiro atoms. The fraction of sp³-hybridized carbons (Fsp3) is 0.500. The van der Waals surface area contributed by atoms with Gasteiger partial charge in [-0.1, -0.05) is 30.3 Å². The molecule has 3 saturated carbocycles. The molecule has 0 saturated heterocycles. The minimum Gasteiger partial charge on any atom is -0.349 e. The first-order valence-corrected chi connectivity index (χ1v) is 6.02. The van der Waals surface area contributed by atoms with Crippen molar-refractivity contribution in [3.63, 3.8) is 0 Å². The van der Waals surface area contributed by atoms with Gasteiger partial charge in [0.05, 0.1) is 6.04 Å². The Bertz CT molecular complexity index is 395. The van der Waals surface area contributed by atoms with Crippen molar-refractivity contribution in [1.29, 1.82) is 0 Å². The van der Waals surface area contributed by atoms with Crippen LogP contribution >= 0.6 is 0 Å². The highest BCUT2D eigenvalue weighted by atomic mass is 16.1. The minimum atomic E-state index is 0.0820. The third-order valence-corrected chi connectivity index (χ3v) is 4.18. The minimum absolute atomic E-state index is 0.0820. The Kier molecular flexibility index (Phi) is 2.06. The molecule has 2 nitrogen and oxygen atoms in total. The van der Waals surface area contributed by atoms with E-state index in [-0.39, 0.29) is 11.9 Å². The number of nitrogens with one attached hydrogen (secondary N) is 1. The summed E-state index contributed by atoms with van der Waals surface area (Å²) in [5.74, 6) is 1.03. The third-order valence-electron chi connectivity index (χ3n) is 4.18. The third kappa shape index (κ3) is 1.36. The van der Waals surface area contributed by atoms with E-state index < -0.39 is 0 Å². The first kappa shape index (κ1) is 9.88. The molecular weight excluding hydrogens is 198 g/mol. The normalized spacial score (nSPS) is 32.2. The molecule has 0 aromatic heterocycles. The Morgan fingerprint density at radius 3 is 2.38 bits per heavy atom. The van der Waals surface area contributed by atoms with Crippen molar-refractivity contribution in [3.8, 4) is 0 Å². The molecule has 1 amide bonds. The number of benzene rings is 1. The summed E-state index contributed by atoms with van der Waals surface area (Å²) in [5, 5.41) is 3.14. The number of hydrogen-bond acceptors (Lipinski definition) is 1. The zero-order valence-electron chi connectivity index (χ0n) is 9.57. The van der Waals surface area contributed by atoms with Crippen molar-refractivity contribution < 1.29 is 4.79 Å². The zero-order valence-corrected chi connectivity index (χ0v) is 9.57. The van der Waals surface area contributed by atoms with E-state index in [4.69, 9.17) is 0 Å². The van der Waals surface area contributed by atoms with Gasteiger partial charge in [0.2, 0.25) is 5.91 Å². The number of hydrogen-bond donors (Lipinski definition) is 1. The quantitative estimate of drug-likeness (QED) is 0.825. The molecule has 2 bridgehead atoms. The molecule has 84 valence electrons. The van der Waals surface area contributed by atoms with Crippen molar-refractivity contribution in [1.82, 2.24) is 5.32 Å². The molecule has 3 aliphatic carbocycles. The van der Waals surface area contributed by atoms with Crippen LogP contribution in [0.4, 0.5) is 0 Å². The highest BCUT2D eigenvalue weighted by Crippen LogP contribution is 2.69. The molecule has 4 rings (SSSR count). The molecule has 16 heavy (non-hydrogen) atoms. The van der Waals surface area contributed by atoms with Gasteiger partial charge in [0.15, 0.2) is 0 Å². The van der Waals surface area contributed by atoms with Crippen molar-refractivity contribution in [2.24, 2.45) is 11.3 Å². The molecule has 1 N–H and O–H groups in total. The van der Waals surface area contributed by atoms with E-state index in [1.165, 1.54) is 24.8 Å². The monoisotopic (exact) mass is 215 g/mol. The number of amides is 1. The highest BCUT2D eigenvalue weighted by molar-refractivity contribution is 5.73. The van der Waals surface area contributed by atoms with Crippen LogP contribution in [-0.2, 0) is 4.79 Å². The maximum absolute atomic E-state index is 11.3. The van der Waals surface area contributed by atoms with Gasteiger partial charge in [-0.25, -0.2) is 0 Å². The predicted octanol–water partition coefficient (Wildman–Crippen LogP) is 2.66. The molecule has 3 aliphatic rings. The van der Waals surface area contributed by atoms with Crippen LogP contribution in [0.1, 0.15) is 37.8 Å². The Hall–Kier alpha value is -1.31. The average Bonchev–Trinajstić information content (AvgIpc) is 2.13. The first-order chi connectivity index (χ1) is 7.70. The lowest BCUT2D eigenvalue weighted by atomic mass is 9.41. The van der Waals surface area contributed by atoms with Crippen LogP contribution < -0.4 is 5.32 Å². The van der Waals surface area contributed by atoms with Gasteiger partial charge in [-0.05, 0) is 36.2 Å². The largest absolute Gasteiger partial charge is 0.349 e. The van der Waals surface area contributed by atoms with E-state index in [0.717, 1.165) is 5.92 Å². The summed E-state index contributed by atoms with van der Waals surface area (Å²) in [6, 6.07) is 10.6. The molecule has 1 aromatic rings. The maximum atomic E-state index is 11.3. The summed E-state index contributed by atoms with van der Waals surface area (Å²) < 4.78 is 0. The van der Waals surface area contributed by atoms with Crippen LogP contribution in [0.15, 0.2) is 30.3 Å². The van der Waals surface area contributed by atoms with Crippen molar-refractivity contribution in [3.05, 3.63) is 35.9 Å². The summed E-state index contributed by atoms with van der Waals surface area (Å²) in [6.07, 6.45) is 3.90. The second-order valence-corrected chi connectivity index (χ2v) is 5.38. The molecule has 0 heterocycles. The average molecular weight is 215 g/mol. The SMILES string of the molecule is CC(=O)NC(c1ccccc1)C12CC(C1)C2. The smallest absolute Gasteiger partial charge is 0.217 e. The van der Waals surface area contributed by atoms with Crippen molar-refractivity contribution >= 4 is 5.91 Å². The molecule has 0 radical (unpaired) electrons. The Balaban J connectivity index is 1.87. The van der Waals surface area contributed by atoms with E-state index in [9.17, 15) is 4.79 Å². The standard InChI is InChI=1S/C14H17NO/c1-10(16)15-13(12-5-3-2-4-6-12)14-7-11(8-14)9-14/h2-6,11,13H,7-9H2,1H3,(H,15,16).